The van der Waals surface area contributed by atoms with Crippen LogP contribution in [-0.4, -0.2) is 31.8 Å². The van der Waals surface area contributed by atoms with Crippen molar-refractivity contribution < 1.29 is 23.9 Å². The Balaban J connectivity index is 2.96. The van der Waals surface area contributed by atoms with Gasteiger partial charge in [-0.2, -0.15) is 0 Å². The number of ether oxygens (including phenoxy) is 3. The molecule has 1 amide bonds. The molecule has 0 atom stereocenters. The predicted molar refractivity (Wildman–Crippen MR) is 74.6 cm³/mol. The zero-order valence-corrected chi connectivity index (χ0v) is 11.8. The van der Waals surface area contributed by atoms with Crippen LogP contribution >= 0.6 is 0 Å². The number of rotatable bonds is 7. The molecule has 8 heteroatoms. The lowest BCUT2D eigenvalue weighted by molar-refractivity contribution is -0.385. The van der Waals surface area contributed by atoms with Crippen LogP contribution in [0, 0.1) is 10.1 Å². The van der Waals surface area contributed by atoms with Gasteiger partial charge < -0.3 is 19.5 Å². The van der Waals surface area contributed by atoms with Crippen molar-refractivity contribution in [3.63, 3.8) is 0 Å². The Bertz CT molecular complexity index is 544. The molecule has 0 saturated carbocycles. The Kier molecular flexibility index (Phi) is 5.99. The number of carbonyl (C=O) groups excluding carboxylic acids is 1. The van der Waals surface area contributed by atoms with Crippen LogP contribution in [0.4, 0.5) is 10.5 Å². The normalized spacial score (nSPS) is 9.62. The van der Waals surface area contributed by atoms with Crippen molar-refractivity contribution in [1.29, 1.82) is 0 Å². The first kappa shape index (κ1) is 16.3. The van der Waals surface area contributed by atoms with Crippen LogP contribution in [0.1, 0.15) is 5.56 Å². The average Bonchev–Trinajstić information content (AvgIpc) is 2.49. The fourth-order valence-corrected chi connectivity index (χ4v) is 1.55. The number of nitrogens with one attached hydrogen (secondary N) is 1. The number of hydrogen-bond acceptors (Lipinski definition) is 6. The van der Waals surface area contributed by atoms with Crippen molar-refractivity contribution >= 4 is 11.8 Å². The number of methoxy groups -OCH3 is 2. The summed E-state index contributed by atoms with van der Waals surface area (Å²) in [6.45, 7) is 3.42. The highest BCUT2D eigenvalue weighted by atomic mass is 16.6. The second-order valence-electron chi connectivity index (χ2n) is 3.84. The maximum Gasteiger partial charge on any atom is 0.407 e. The maximum absolute atomic E-state index is 11.3. The smallest absolute Gasteiger partial charge is 0.407 e. The van der Waals surface area contributed by atoms with Gasteiger partial charge in [0.25, 0.3) is 5.69 Å². The number of hydrogen-bond donors (Lipinski definition) is 1. The molecule has 1 rings (SSSR count). The van der Waals surface area contributed by atoms with Crippen LogP contribution < -0.4 is 14.8 Å². The molecule has 0 spiro atoms. The van der Waals surface area contributed by atoms with Crippen molar-refractivity contribution in [2.24, 2.45) is 0 Å². The summed E-state index contributed by atoms with van der Waals surface area (Å²) in [7, 11) is 2.78. The van der Waals surface area contributed by atoms with Crippen LogP contribution in [0.25, 0.3) is 0 Å². The number of nitro groups is 1. The fraction of sp³-hybridized carbons (Fsp3) is 0.308. The van der Waals surface area contributed by atoms with Gasteiger partial charge in [-0.25, -0.2) is 4.79 Å². The largest absolute Gasteiger partial charge is 0.493 e. The molecule has 0 aliphatic heterocycles. The van der Waals surface area contributed by atoms with Crippen LogP contribution in [0.15, 0.2) is 24.8 Å². The molecule has 0 saturated heterocycles. The maximum atomic E-state index is 11.3. The van der Waals surface area contributed by atoms with E-state index in [0.29, 0.717) is 5.75 Å². The van der Waals surface area contributed by atoms with E-state index < -0.39 is 11.0 Å². The minimum absolute atomic E-state index is 0.200. The Morgan fingerprint density at radius 1 is 1.38 bits per heavy atom. The van der Waals surface area contributed by atoms with Gasteiger partial charge in [0.1, 0.15) is 6.61 Å². The average molecular weight is 296 g/mol. The van der Waals surface area contributed by atoms with Gasteiger partial charge in [-0.3, -0.25) is 10.1 Å². The van der Waals surface area contributed by atoms with Gasteiger partial charge in [0, 0.05) is 6.54 Å². The first-order valence-corrected chi connectivity index (χ1v) is 5.94. The summed E-state index contributed by atoms with van der Waals surface area (Å²) < 4.78 is 15.0. The molecule has 0 radical (unpaired) electrons. The molecule has 0 aromatic heterocycles. The Labute approximate surface area is 121 Å². The topological polar surface area (TPSA) is 99.9 Å². The van der Waals surface area contributed by atoms with Crippen LogP contribution in [0.5, 0.6) is 11.5 Å². The molecular formula is C13H16N2O6. The minimum atomic E-state index is -0.695. The molecule has 114 valence electrons. The van der Waals surface area contributed by atoms with Crippen molar-refractivity contribution in [2.75, 3.05) is 20.8 Å². The lowest BCUT2D eigenvalue weighted by atomic mass is 10.1. The molecule has 21 heavy (non-hydrogen) atoms. The molecule has 0 fully saturated rings. The van der Waals surface area contributed by atoms with Gasteiger partial charge in [-0.15, -0.1) is 6.58 Å². The number of carbonyl (C=O) groups is 1. The highest BCUT2D eigenvalue weighted by molar-refractivity contribution is 5.67. The van der Waals surface area contributed by atoms with Gasteiger partial charge in [-0.1, -0.05) is 6.08 Å². The summed E-state index contributed by atoms with van der Waals surface area (Å²) in [5, 5.41) is 13.4. The van der Waals surface area contributed by atoms with Crippen molar-refractivity contribution in [1.82, 2.24) is 5.32 Å². The highest BCUT2D eigenvalue weighted by Crippen LogP contribution is 2.34. The molecule has 1 aromatic carbocycles. The third-order valence-corrected chi connectivity index (χ3v) is 2.53. The van der Waals surface area contributed by atoms with Gasteiger partial charge in [0.05, 0.1) is 30.8 Å². The monoisotopic (exact) mass is 296 g/mol. The lowest BCUT2D eigenvalue weighted by Crippen LogP contribution is -2.24. The van der Waals surface area contributed by atoms with E-state index in [1.165, 1.54) is 32.4 Å². The van der Waals surface area contributed by atoms with Crippen LogP contribution in [-0.2, 0) is 11.3 Å². The standard InChI is InChI=1S/C13H16N2O6/c1-4-5-14-13(16)21-8-9-6-11(19-2)12(20-3)7-10(9)15(17)18/h4,6-7H,1,5,8H2,2-3H3,(H,14,16). The summed E-state index contributed by atoms with van der Waals surface area (Å²) in [5.74, 6) is 0.539. The lowest BCUT2D eigenvalue weighted by Gasteiger charge is -2.11. The summed E-state index contributed by atoms with van der Waals surface area (Å²) in [4.78, 5) is 21.8. The third kappa shape index (κ3) is 4.37. The molecule has 0 bridgehead atoms. The van der Waals surface area contributed by atoms with E-state index in [0.717, 1.165) is 0 Å². The van der Waals surface area contributed by atoms with E-state index in [2.05, 4.69) is 11.9 Å². The molecule has 0 unspecified atom stereocenters. The molecule has 1 N–H and O–H groups in total. The predicted octanol–water partition coefficient (Wildman–Crippen LogP) is 2.02. The van der Waals surface area contributed by atoms with Crippen LogP contribution in [0.2, 0.25) is 0 Å². The van der Waals surface area contributed by atoms with E-state index in [9.17, 15) is 14.9 Å². The number of nitro benzene ring substituents is 1. The summed E-state index contributed by atoms with van der Waals surface area (Å²) in [5.41, 5.74) is -0.0180. The number of benzene rings is 1. The van der Waals surface area contributed by atoms with Gasteiger partial charge >= 0.3 is 6.09 Å². The first-order valence-electron chi connectivity index (χ1n) is 5.94. The summed E-state index contributed by atoms with van der Waals surface area (Å²) in [6, 6.07) is 2.62. The van der Waals surface area contributed by atoms with E-state index in [1.54, 1.807) is 0 Å². The zero-order valence-electron chi connectivity index (χ0n) is 11.8. The van der Waals surface area contributed by atoms with Gasteiger partial charge in [0.15, 0.2) is 11.5 Å². The third-order valence-electron chi connectivity index (χ3n) is 2.53. The molecule has 0 aliphatic carbocycles. The van der Waals surface area contributed by atoms with Crippen molar-refractivity contribution in [3.05, 3.63) is 40.5 Å². The zero-order chi connectivity index (χ0) is 15.8. The Morgan fingerprint density at radius 3 is 2.52 bits per heavy atom. The molecule has 8 nitrogen and oxygen atoms in total. The second-order valence-corrected chi connectivity index (χ2v) is 3.84. The SMILES string of the molecule is C=CCNC(=O)OCc1cc(OC)c(OC)cc1[N+](=O)[O-]. The quantitative estimate of drug-likeness (QED) is 0.469. The Hall–Kier alpha value is -2.77. The molecular weight excluding hydrogens is 280 g/mol. The van der Waals surface area contributed by atoms with Crippen molar-refractivity contribution in [2.45, 2.75) is 6.61 Å². The summed E-state index contributed by atoms with van der Waals surface area (Å²) >= 11 is 0. The summed E-state index contributed by atoms with van der Waals surface area (Å²) in [6.07, 6.45) is 0.791. The van der Waals surface area contributed by atoms with E-state index in [4.69, 9.17) is 14.2 Å². The molecule has 1 aromatic rings. The number of amides is 1. The van der Waals surface area contributed by atoms with E-state index in [1.807, 2.05) is 0 Å². The van der Waals surface area contributed by atoms with E-state index >= 15 is 0 Å². The van der Waals surface area contributed by atoms with Crippen molar-refractivity contribution in [3.8, 4) is 11.5 Å². The highest BCUT2D eigenvalue weighted by Gasteiger charge is 2.20. The number of alkyl carbamates (subject to hydrolysis) is 1. The first-order chi connectivity index (χ1) is 10.0. The number of nitrogens with zero attached hydrogens (tertiary/aromatic N) is 1. The second kappa shape index (κ2) is 7.73. The van der Waals surface area contributed by atoms with Gasteiger partial charge in [0.2, 0.25) is 0 Å². The van der Waals surface area contributed by atoms with Crippen LogP contribution in [0.3, 0.4) is 0 Å². The molecule has 0 heterocycles. The Morgan fingerprint density at radius 2 is 2.00 bits per heavy atom. The van der Waals surface area contributed by atoms with Gasteiger partial charge in [-0.05, 0) is 6.07 Å². The van der Waals surface area contributed by atoms with E-state index in [-0.39, 0.29) is 30.2 Å². The molecule has 0 aliphatic rings. The fourth-order valence-electron chi connectivity index (χ4n) is 1.55. The minimum Gasteiger partial charge on any atom is -0.493 e.